The molecule has 2 aromatic rings. The number of pyridine rings is 1. The van der Waals surface area contributed by atoms with Gasteiger partial charge in [0.1, 0.15) is 5.82 Å². The average molecular weight is 283 g/mol. The van der Waals surface area contributed by atoms with Crippen LogP contribution in [-0.2, 0) is 6.54 Å². The molecular formula is C18H25N3. The molecule has 0 aliphatic heterocycles. The molecule has 1 N–H and O–H groups in total. The molecule has 21 heavy (non-hydrogen) atoms. The number of aromatic nitrogens is 1. The van der Waals surface area contributed by atoms with Crippen LogP contribution in [0.4, 0.5) is 11.5 Å². The zero-order valence-electron chi connectivity index (χ0n) is 13.6. The van der Waals surface area contributed by atoms with Crippen molar-refractivity contribution in [2.75, 3.05) is 11.9 Å². The Morgan fingerprint density at radius 1 is 1.10 bits per heavy atom. The maximum atomic E-state index is 4.48. The van der Waals surface area contributed by atoms with Crippen LogP contribution in [0, 0.1) is 6.92 Å². The molecule has 1 aromatic heterocycles. The second kappa shape index (κ2) is 6.27. The quantitative estimate of drug-likeness (QED) is 0.917. The van der Waals surface area contributed by atoms with Gasteiger partial charge < -0.3 is 10.2 Å². The van der Waals surface area contributed by atoms with Crippen molar-refractivity contribution in [3.8, 4) is 0 Å². The summed E-state index contributed by atoms with van der Waals surface area (Å²) in [5.41, 5.74) is 3.78. The van der Waals surface area contributed by atoms with Gasteiger partial charge in [0.05, 0.1) is 0 Å². The lowest BCUT2D eigenvalue weighted by Crippen LogP contribution is -2.35. The smallest absolute Gasteiger partial charge is 0.132 e. The van der Waals surface area contributed by atoms with Gasteiger partial charge in [-0.05, 0) is 57.5 Å². The second-order valence-corrected chi connectivity index (χ2v) is 6.52. The predicted molar refractivity (Wildman–Crippen MR) is 90.1 cm³/mol. The van der Waals surface area contributed by atoms with Crippen LogP contribution < -0.4 is 10.2 Å². The summed E-state index contributed by atoms with van der Waals surface area (Å²) in [6.45, 7) is 9.47. The number of anilines is 2. The van der Waals surface area contributed by atoms with Crippen LogP contribution in [0.5, 0.6) is 0 Å². The molecule has 112 valence electrons. The third-order valence-corrected chi connectivity index (χ3v) is 3.40. The highest BCUT2D eigenvalue weighted by atomic mass is 15.2. The van der Waals surface area contributed by atoms with Crippen LogP contribution >= 0.6 is 0 Å². The van der Waals surface area contributed by atoms with E-state index in [1.54, 1.807) is 0 Å². The summed E-state index contributed by atoms with van der Waals surface area (Å²) in [6.07, 6.45) is 1.87. The summed E-state index contributed by atoms with van der Waals surface area (Å²) < 4.78 is 0. The van der Waals surface area contributed by atoms with Crippen molar-refractivity contribution >= 4 is 11.5 Å². The first-order valence-corrected chi connectivity index (χ1v) is 7.35. The van der Waals surface area contributed by atoms with Crippen LogP contribution in [0.15, 0.2) is 42.6 Å². The molecule has 3 heteroatoms. The first kappa shape index (κ1) is 15.5. The van der Waals surface area contributed by atoms with Crippen molar-refractivity contribution in [3.63, 3.8) is 0 Å². The first-order valence-electron chi connectivity index (χ1n) is 7.35. The van der Waals surface area contributed by atoms with E-state index >= 15 is 0 Å². The summed E-state index contributed by atoms with van der Waals surface area (Å²) in [5, 5.41) is 3.51. The molecule has 0 unspecified atom stereocenters. The zero-order valence-corrected chi connectivity index (χ0v) is 13.6. The highest BCUT2D eigenvalue weighted by Gasteiger charge is 2.10. The van der Waals surface area contributed by atoms with Gasteiger partial charge >= 0.3 is 0 Å². The third kappa shape index (κ3) is 4.57. The SMILES string of the molecule is Cc1ccc(N(C)c2cc(CNC(C)(C)C)ccn2)cc1. The lowest BCUT2D eigenvalue weighted by atomic mass is 10.1. The van der Waals surface area contributed by atoms with E-state index in [0.717, 1.165) is 18.1 Å². The first-order chi connectivity index (χ1) is 9.85. The van der Waals surface area contributed by atoms with Gasteiger partial charge in [-0.15, -0.1) is 0 Å². The molecule has 0 aliphatic carbocycles. The standard InChI is InChI=1S/C18H25N3/c1-14-6-8-16(9-7-14)21(5)17-12-15(10-11-19-17)13-20-18(2,3)4/h6-12,20H,13H2,1-5H3. The fourth-order valence-corrected chi connectivity index (χ4v) is 2.02. The van der Waals surface area contributed by atoms with Gasteiger partial charge in [0.2, 0.25) is 0 Å². The Kier molecular flexibility index (Phi) is 4.63. The van der Waals surface area contributed by atoms with E-state index in [9.17, 15) is 0 Å². The van der Waals surface area contributed by atoms with E-state index in [4.69, 9.17) is 0 Å². The Hall–Kier alpha value is -1.87. The molecule has 0 atom stereocenters. The van der Waals surface area contributed by atoms with Crippen molar-refractivity contribution < 1.29 is 0 Å². The van der Waals surface area contributed by atoms with E-state index in [1.165, 1.54) is 11.1 Å². The van der Waals surface area contributed by atoms with Gasteiger partial charge in [0, 0.05) is 31.0 Å². The number of hydrogen-bond donors (Lipinski definition) is 1. The van der Waals surface area contributed by atoms with Gasteiger partial charge in [-0.25, -0.2) is 4.98 Å². The van der Waals surface area contributed by atoms with Crippen molar-refractivity contribution in [3.05, 3.63) is 53.7 Å². The lowest BCUT2D eigenvalue weighted by Gasteiger charge is -2.22. The molecule has 3 nitrogen and oxygen atoms in total. The lowest BCUT2D eigenvalue weighted by molar-refractivity contribution is 0.424. The molecule has 0 amide bonds. The largest absolute Gasteiger partial charge is 0.329 e. The molecule has 0 saturated carbocycles. The van der Waals surface area contributed by atoms with E-state index in [1.807, 2.05) is 13.2 Å². The number of rotatable bonds is 4. The highest BCUT2D eigenvalue weighted by molar-refractivity contribution is 5.59. The summed E-state index contributed by atoms with van der Waals surface area (Å²) in [7, 11) is 2.05. The van der Waals surface area contributed by atoms with E-state index in [0.29, 0.717) is 0 Å². The highest BCUT2D eigenvalue weighted by Crippen LogP contribution is 2.22. The molecular weight excluding hydrogens is 258 g/mol. The van der Waals surface area contributed by atoms with E-state index < -0.39 is 0 Å². The Labute approximate surface area is 128 Å². The number of nitrogens with zero attached hydrogens (tertiary/aromatic N) is 2. The van der Waals surface area contributed by atoms with Crippen LogP contribution in [0.3, 0.4) is 0 Å². The predicted octanol–water partition coefficient (Wildman–Crippen LogP) is 4.05. The Morgan fingerprint density at radius 2 is 1.76 bits per heavy atom. The third-order valence-electron chi connectivity index (χ3n) is 3.40. The fourth-order valence-electron chi connectivity index (χ4n) is 2.02. The summed E-state index contributed by atoms with van der Waals surface area (Å²) in [6, 6.07) is 12.7. The second-order valence-electron chi connectivity index (χ2n) is 6.52. The van der Waals surface area contributed by atoms with Crippen molar-refractivity contribution in [1.29, 1.82) is 0 Å². The van der Waals surface area contributed by atoms with E-state index in [2.05, 4.69) is 79.3 Å². The van der Waals surface area contributed by atoms with Gasteiger partial charge in [-0.3, -0.25) is 0 Å². The van der Waals surface area contributed by atoms with Crippen LogP contribution in [0.2, 0.25) is 0 Å². The van der Waals surface area contributed by atoms with Crippen LogP contribution in [-0.4, -0.2) is 17.6 Å². The van der Waals surface area contributed by atoms with Gasteiger partial charge in [0.15, 0.2) is 0 Å². The summed E-state index contributed by atoms with van der Waals surface area (Å²) in [4.78, 5) is 6.59. The molecule has 0 aliphatic rings. The average Bonchev–Trinajstić information content (AvgIpc) is 2.45. The Balaban J connectivity index is 2.14. The van der Waals surface area contributed by atoms with Crippen molar-refractivity contribution in [1.82, 2.24) is 10.3 Å². The molecule has 1 aromatic carbocycles. The topological polar surface area (TPSA) is 28.2 Å². The molecule has 0 saturated heterocycles. The molecule has 0 bridgehead atoms. The van der Waals surface area contributed by atoms with Gasteiger partial charge in [-0.1, -0.05) is 17.7 Å². The minimum Gasteiger partial charge on any atom is -0.329 e. The summed E-state index contributed by atoms with van der Waals surface area (Å²) >= 11 is 0. The minimum absolute atomic E-state index is 0.117. The van der Waals surface area contributed by atoms with Crippen molar-refractivity contribution in [2.24, 2.45) is 0 Å². The molecule has 0 spiro atoms. The molecule has 0 fully saturated rings. The number of benzene rings is 1. The fraction of sp³-hybridized carbons (Fsp3) is 0.389. The maximum Gasteiger partial charge on any atom is 0.132 e. The van der Waals surface area contributed by atoms with Gasteiger partial charge in [-0.2, -0.15) is 0 Å². The Bertz CT molecular complexity index is 582. The molecule has 1 heterocycles. The molecule has 0 radical (unpaired) electrons. The number of nitrogens with one attached hydrogen (secondary N) is 1. The zero-order chi connectivity index (χ0) is 15.5. The number of aryl methyl sites for hydroxylation is 1. The van der Waals surface area contributed by atoms with Crippen LogP contribution in [0.25, 0.3) is 0 Å². The van der Waals surface area contributed by atoms with Crippen LogP contribution in [0.1, 0.15) is 31.9 Å². The van der Waals surface area contributed by atoms with Gasteiger partial charge in [0.25, 0.3) is 0 Å². The maximum absolute atomic E-state index is 4.48. The summed E-state index contributed by atoms with van der Waals surface area (Å²) in [5.74, 6) is 0.965. The number of hydrogen-bond acceptors (Lipinski definition) is 3. The van der Waals surface area contributed by atoms with Crippen molar-refractivity contribution in [2.45, 2.75) is 39.8 Å². The minimum atomic E-state index is 0.117. The molecule has 2 rings (SSSR count). The monoisotopic (exact) mass is 283 g/mol. The van der Waals surface area contributed by atoms with E-state index in [-0.39, 0.29) is 5.54 Å². The normalized spacial score (nSPS) is 11.5. The Morgan fingerprint density at radius 3 is 2.38 bits per heavy atom.